The first-order valence-electron chi connectivity index (χ1n) is 7.91. The maximum atomic E-state index is 13.1. The van der Waals surface area contributed by atoms with Crippen molar-refractivity contribution in [3.8, 4) is 0 Å². The Morgan fingerprint density at radius 3 is 2.95 bits per heavy atom. The number of rotatable bonds is 6. The third-order valence-electron chi connectivity index (χ3n) is 4.00. The van der Waals surface area contributed by atoms with Gasteiger partial charge in [0, 0.05) is 18.1 Å². The molecular weight excluding hydrogens is 287 g/mol. The summed E-state index contributed by atoms with van der Waals surface area (Å²) in [5, 5.41) is 4.09. The summed E-state index contributed by atoms with van der Waals surface area (Å²) in [6.07, 6.45) is 2.52. The maximum absolute atomic E-state index is 13.1. The van der Waals surface area contributed by atoms with E-state index in [0.717, 1.165) is 38.3 Å². The number of nitrogens with zero attached hydrogens (tertiary/aromatic N) is 1. The maximum Gasteiger partial charge on any atom is 0.124 e. The van der Waals surface area contributed by atoms with Gasteiger partial charge in [-0.05, 0) is 62.0 Å². The molecule has 1 heterocycles. The molecule has 1 unspecified atom stereocenters. The van der Waals surface area contributed by atoms with E-state index in [2.05, 4.69) is 24.1 Å². The third kappa shape index (κ3) is 5.57. The van der Waals surface area contributed by atoms with E-state index in [4.69, 9.17) is 11.6 Å². The molecule has 2 nitrogen and oxygen atoms in total. The van der Waals surface area contributed by atoms with E-state index in [0.29, 0.717) is 16.9 Å². The normalized spacial score (nSPS) is 20.1. The lowest BCUT2D eigenvalue weighted by Gasteiger charge is -2.33. The second-order valence-electron chi connectivity index (χ2n) is 6.53. The molecule has 0 aliphatic carbocycles. The Bertz CT molecular complexity index is 450. The van der Waals surface area contributed by atoms with Crippen LogP contribution in [0.4, 0.5) is 4.39 Å². The minimum Gasteiger partial charge on any atom is -0.316 e. The lowest BCUT2D eigenvalue weighted by molar-refractivity contribution is 0.165. The standard InChI is InChI=1S/C17H26ClFN2/c1-13(2)9-20-10-14-4-3-7-21(11-14)12-15-5-6-16(19)8-17(15)18/h5-6,8,13-14,20H,3-4,7,9-12H2,1-2H3. The summed E-state index contributed by atoms with van der Waals surface area (Å²) in [5.74, 6) is 1.14. The smallest absolute Gasteiger partial charge is 0.124 e. The molecule has 0 radical (unpaired) electrons. The van der Waals surface area contributed by atoms with Crippen LogP contribution in [0.2, 0.25) is 5.02 Å². The number of benzene rings is 1. The minimum atomic E-state index is -0.266. The Labute approximate surface area is 132 Å². The largest absolute Gasteiger partial charge is 0.316 e. The highest BCUT2D eigenvalue weighted by molar-refractivity contribution is 6.31. The Balaban J connectivity index is 1.83. The van der Waals surface area contributed by atoms with E-state index in [1.165, 1.54) is 25.0 Å². The summed E-state index contributed by atoms with van der Waals surface area (Å²) >= 11 is 6.12. The third-order valence-corrected chi connectivity index (χ3v) is 4.35. The van der Waals surface area contributed by atoms with Crippen molar-refractivity contribution < 1.29 is 4.39 Å². The Morgan fingerprint density at radius 1 is 1.43 bits per heavy atom. The fourth-order valence-corrected chi connectivity index (χ4v) is 3.16. The van der Waals surface area contributed by atoms with Crippen molar-refractivity contribution in [2.45, 2.75) is 33.2 Å². The zero-order chi connectivity index (χ0) is 15.2. The molecular formula is C17H26ClFN2. The molecule has 0 spiro atoms. The van der Waals surface area contributed by atoms with Crippen molar-refractivity contribution >= 4 is 11.6 Å². The molecule has 2 rings (SSSR count). The van der Waals surface area contributed by atoms with Crippen LogP contribution >= 0.6 is 11.6 Å². The summed E-state index contributed by atoms with van der Waals surface area (Å²) in [4.78, 5) is 2.43. The van der Waals surface area contributed by atoms with Crippen molar-refractivity contribution in [2.75, 3.05) is 26.2 Å². The van der Waals surface area contributed by atoms with E-state index < -0.39 is 0 Å². The molecule has 1 aromatic rings. The first-order valence-corrected chi connectivity index (χ1v) is 8.29. The lowest BCUT2D eigenvalue weighted by atomic mass is 9.97. The molecule has 1 aliphatic heterocycles. The minimum absolute atomic E-state index is 0.266. The molecule has 1 atom stereocenters. The molecule has 1 saturated heterocycles. The summed E-state index contributed by atoms with van der Waals surface area (Å²) in [7, 11) is 0. The number of likely N-dealkylation sites (tertiary alicyclic amines) is 1. The van der Waals surface area contributed by atoms with Crippen molar-refractivity contribution in [1.82, 2.24) is 10.2 Å². The number of hydrogen-bond donors (Lipinski definition) is 1. The topological polar surface area (TPSA) is 15.3 Å². The number of hydrogen-bond acceptors (Lipinski definition) is 2. The van der Waals surface area contributed by atoms with E-state index in [1.54, 1.807) is 6.07 Å². The van der Waals surface area contributed by atoms with E-state index in [1.807, 2.05) is 0 Å². The van der Waals surface area contributed by atoms with Gasteiger partial charge in [0.2, 0.25) is 0 Å². The molecule has 1 fully saturated rings. The molecule has 118 valence electrons. The summed E-state index contributed by atoms with van der Waals surface area (Å²) in [6.45, 7) is 9.66. The quantitative estimate of drug-likeness (QED) is 0.856. The van der Waals surface area contributed by atoms with Crippen molar-refractivity contribution in [1.29, 1.82) is 0 Å². The van der Waals surface area contributed by atoms with Crippen LogP contribution in [0.15, 0.2) is 18.2 Å². The lowest BCUT2D eigenvalue weighted by Crippen LogP contribution is -2.39. The molecule has 1 N–H and O–H groups in total. The van der Waals surface area contributed by atoms with Gasteiger partial charge in [-0.1, -0.05) is 31.5 Å². The van der Waals surface area contributed by atoms with Crippen molar-refractivity contribution in [2.24, 2.45) is 11.8 Å². The number of halogens is 2. The van der Waals surface area contributed by atoms with Gasteiger partial charge in [-0.3, -0.25) is 4.90 Å². The van der Waals surface area contributed by atoms with Gasteiger partial charge in [0.25, 0.3) is 0 Å². The van der Waals surface area contributed by atoms with Crippen LogP contribution in [0, 0.1) is 17.7 Å². The zero-order valence-corrected chi connectivity index (χ0v) is 13.8. The predicted molar refractivity (Wildman–Crippen MR) is 87.1 cm³/mol. The van der Waals surface area contributed by atoms with Crippen LogP contribution in [-0.4, -0.2) is 31.1 Å². The molecule has 0 amide bonds. The molecule has 1 aliphatic rings. The van der Waals surface area contributed by atoms with Crippen molar-refractivity contribution in [3.63, 3.8) is 0 Å². The van der Waals surface area contributed by atoms with Gasteiger partial charge < -0.3 is 5.32 Å². The predicted octanol–water partition coefficient (Wildman–Crippen LogP) is 3.94. The van der Waals surface area contributed by atoms with Crippen molar-refractivity contribution in [3.05, 3.63) is 34.6 Å². The van der Waals surface area contributed by atoms with Crippen LogP contribution < -0.4 is 5.32 Å². The fraction of sp³-hybridized carbons (Fsp3) is 0.647. The molecule has 0 bridgehead atoms. The molecule has 0 aromatic heterocycles. The molecule has 0 saturated carbocycles. The first-order chi connectivity index (χ1) is 10.0. The van der Waals surface area contributed by atoms with Gasteiger partial charge in [0.15, 0.2) is 0 Å². The van der Waals surface area contributed by atoms with Gasteiger partial charge in [-0.2, -0.15) is 0 Å². The Morgan fingerprint density at radius 2 is 2.24 bits per heavy atom. The average molecular weight is 313 g/mol. The van der Waals surface area contributed by atoms with Gasteiger partial charge in [0.1, 0.15) is 5.82 Å². The molecule has 4 heteroatoms. The monoisotopic (exact) mass is 312 g/mol. The summed E-state index contributed by atoms with van der Waals surface area (Å²) in [5.41, 5.74) is 1.02. The highest BCUT2D eigenvalue weighted by Crippen LogP contribution is 2.22. The Hall–Kier alpha value is -0.640. The van der Waals surface area contributed by atoms with Gasteiger partial charge >= 0.3 is 0 Å². The van der Waals surface area contributed by atoms with E-state index >= 15 is 0 Å². The van der Waals surface area contributed by atoms with Crippen LogP contribution in [0.1, 0.15) is 32.3 Å². The molecule has 1 aromatic carbocycles. The van der Waals surface area contributed by atoms with Crippen LogP contribution in [-0.2, 0) is 6.54 Å². The zero-order valence-electron chi connectivity index (χ0n) is 13.0. The second-order valence-corrected chi connectivity index (χ2v) is 6.94. The fourth-order valence-electron chi connectivity index (χ4n) is 2.93. The van der Waals surface area contributed by atoms with E-state index in [9.17, 15) is 4.39 Å². The van der Waals surface area contributed by atoms with Gasteiger partial charge in [0.05, 0.1) is 0 Å². The Kier molecular flexibility index (Phi) is 6.46. The second kappa shape index (κ2) is 8.11. The first kappa shape index (κ1) is 16.7. The van der Waals surface area contributed by atoms with Crippen LogP contribution in [0.5, 0.6) is 0 Å². The number of nitrogens with one attached hydrogen (secondary N) is 1. The highest BCUT2D eigenvalue weighted by Gasteiger charge is 2.20. The summed E-state index contributed by atoms with van der Waals surface area (Å²) in [6, 6.07) is 4.70. The highest BCUT2D eigenvalue weighted by atomic mass is 35.5. The average Bonchev–Trinajstić information content (AvgIpc) is 2.42. The van der Waals surface area contributed by atoms with Gasteiger partial charge in [-0.25, -0.2) is 4.39 Å². The SMILES string of the molecule is CC(C)CNCC1CCCN(Cc2ccc(F)cc2Cl)C1. The van der Waals surface area contributed by atoms with Crippen LogP contribution in [0.3, 0.4) is 0 Å². The molecule has 21 heavy (non-hydrogen) atoms. The summed E-state index contributed by atoms with van der Waals surface area (Å²) < 4.78 is 13.1. The number of piperidine rings is 1. The van der Waals surface area contributed by atoms with Crippen LogP contribution in [0.25, 0.3) is 0 Å². The van der Waals surface area contributed by atoms with Gasteiger partial charge in [-0.15, -0.1) is 0 Å². The van der Waals surface area contributed by atoms with E-state index in [-0.39, 0.29) is 5.82 Å².